The van der Waals surface area contributed by atoms with E-state index in [4.69, 9.17) is 19.5 Å². The summed E-state index contributed by atoms with van der Waals surface area (Å²) in [5.74, 6) is -5.56. The van der Waals surface area contributed by atoms with Gasteiger partial charge in [0.2, 0.25) is 11.7 Å². The highest BCUT2D eigenvalue weighted by Gasteiger charge is 2.54. The Hall–Kier alpha value is -1.96. The zero-order valence-corrected chi connectivity index (χ0v) is 18.1. The van der Waals surface area contributed by atoms with Crippen molar-refractivity contribution in [2.45, 2.75) is 70.7 Å². The standard InChI is InChI=1S/C22H34O7/c1-6-9-13-16-21(7-2,8-3)28-19(23)18(20(24)29-25)22(26-4,27-5)17-14-11-10-12-15-17/h10-12,14-15,18,25H,6-9,13,16H2,1-5H3. The second kappa shape index (κ2) is 11.9. The minimum absolute atomic E-state index is 0.418. The van der Waals surface area contributed by atoms with Crippen LogP contribution >= 0.6 is 0 Å². The van der Waals surface area contributed by atoms with Crippen molar-refractivity contribution >= 4 is 11.9 Å². The maximum atomic E-state index is 13.3. The molecule has 0 aliphatic heterocycles. The lowest BCUT2D eigenvalue weighted by molar-refractivity contribution is -0.282. The lowest BCUT2D eigenvalue weighted by atomic mass is 9.88. The molecule has 0 spiro atoms. The molecule has 0 heterocycles. The fraction of sp³-hybridized carbons (Fsp3) is 0.636. The Bertz CT molecular complexity index is 621. The van der Waals surface area contributed by atoms with Crippen molar-refractivity contribution in [2.75, 3.05) is 14.2 Å². The molecule has 0 aliphatic carbocycles. The number of hydrogen-bond donors (Lipinski definition) is 1. The highest BCUT2D eigenvalue weighted by Crippen LogP contribution is 2.38. The van der Waals surface area contributed by atoms with Gasteiger partial charge in [-0.25, -0.2) is 4.79 Å². The number of esters is 1. The molecule has 0 bridgehead atoms. The van der Waals surface area contributed by atoms with Crippen LogP contribution in [0.25, 0.3) is 0 Å². The van der Waals surface area contributed by atoms with Gasteiger partial charge in [0.1, 0.15) is 5.60 Å². The number of rotatable bonds is 13. The molecule has 1 aromatic rings. The Morgan fingerprint density at radius 3 is 2.00 bits per heavy atom. The van der Waals surface area contributed by atoms with Crippen molar-refractivity contribution in [3.05, 3.63) is 35.9 Å². The highest BCUT2D eigenvalue weighted by atomic mass is 17.1. The molecule has 0 aliphatic rings. The van der Waals surface area contributed by atoms with Gasteiger partial charge in [0, 0.05) is 19.8 Å². The molecule has 7 heteroatoms. The van der Waals surface area contributed by atoms with E-state index in [0.717, 1.165) is 19.3 Å². The van der Waals surface area contributed by atoms with E-state index in [0.29, 0.717) is 24.8 Å². The second-order valence-corrected chi connectivity index (χ2v) is 7.05. The molecule has 0 fully saturated rings. The summed E-state index contributed by atoms with van der Waals surface area (Å²) in [4.78, 5) is 29.7. The lowest BCUT2D eigenvalue weighted by Crippen LogP contribution is -2.50. The van der Waals surface area contributed by atoms with Crippen molar-refractivity contribution in [1.29, 1.82) is 0 Å². The molecule has 164 valence electrons. The third kappa shape index (κ3) is 5.78. The van der Waals surface area contributed by atoms with E-state index in [2.05, 4.69) is 11.8 Å². The van der Waals surface area contributed by atoms with E-state index in [1.54, 1.807) is 30.3 Å². The first kappa shape index (κ1) is 25.1. The van der Waals surface area contributed by atoms with Crippen LogP contribution in [0, 0.1) is 5.92 Å². The molecule has 0 saturated heterocycles. The van der Waals surface area contributed by atoms with Gasteiger partial charge >= 0.3 is 11.9 Å². The number of carbonyl (C=O) groups excluding carboxylic acids is 2. The zero-order chi connectivity index (χ0) is 21.9. The van der Waals surface area contributed by atoms with Gasteiger partial charge in [-0.15, -0.1) is 0 Å². The van der Waals surface area contributed by atoms with Crippen LogP contribution in [0.15, 0.2) is 30.3 Å². The molecule has 1 rings (SSSR count). The molecule has 29 heavy (non-hydrogen) atoms. The van der Waals surface area contributed by atoms with E-state index in [1.807, 2.05) is 13.8 Å². The van der Waals surface area contributed by atoms with Crippen molar-refractivity contribution in [3.8, 4) is 0 Å². The number of methoxy groups -OCH3 is 2. The van der Waals surface area contributed by atoms with Gasteiger partial charge in [-0.1, -0.05) is 63.9 Å². The molecular weight excluding hydrogens is 376 g/mol. The molecule has 0 radical (unpaired) electrons. The monoisotopic (exact) mass is 410 g/mol. The minimum Gasteiger partial charge on any atom is -0.458 e. The predicted molar refractivity (Wildman–Crippen MR) is 108 cm³/mol. The van der Waals surface area contributed by atoms with Gasteiger partial charge in [0.15, 0.2) is 0 Å². The summed E-state index contributed by atoms with van der Waals surface area (Å²) < 4.78 is 16.9. The quantitative estimate of drug-likeness (QED) is 0.128. The van der Waals surface area contributed by atoms with Gasteiger partial charge in [0.05, 0.1) is 0 Å². The Labute approximate surface area is 173 Å². The fourth-order valence-corrected chi connectivity index (χ4v) is 3.62. The van der Waals surface area contributed by atoms with Crippen LogP contribution < -0.4 is 0 Å². The first-order chi connectivity index (χ1) is 13.9. The molecular formula is C22H34O7. The number of benzene rings is 1. The van der Waals surface area contributed by atoms with Crippen LogP contribution in [0.3, 0.4) is 0 Å². The molecule has 1 atom stereocenters. The van der Waals surface area contributed by atoms with Gasteiger partial charge in [-0.05, 0) is 25.7 Å². The summed E-state index contributed by atoms with van der Waals surface area (Å²) in [6.07, 6.45) is 4.83. The molecule has 0 amide bonds. The summed E-state index contributed by atoms with van der Waals surface area (Å²) in [6, 6.07) is 8.55. The Morgan fingerprint density at radius 2 is 1.55 bits per heavy atom. The van der Waals surface area contributed by atoms with E-state index >= 15 is 0 Å². The number of unbranched alkanes of at least 4 members (excludes halogenated alkanes) is 2. The van der Waals surface area contributed by atoms with Crippen molar-refractivity contribution < 1.29 is 33.9 Å². The number of ether oxygens (including phenoxy) is 3. The van der Waals surface area contributed by atoms with Crippen LogP contribution in [0.4, 0.5) is 0 Å². The highest BCUT2D eigenvalue weighted by molar-refractivity contribution is 5.96. The van der Waals surface area contributed by atoms with Crippen molar-refractivity contribution in [1.82, 2.24) is 0 Å². The van der Waals surface area contributed by atoms with Crippen LogP contribution in [0.2, 0.25) is 0 Å². The summed E-state index contributed by atoms with van der Waals surface area (Å²) in [5.41, 5.74) is -0.300. The average molecular weight is 411 g/mol. The average Bonchev–Trinajstić information content (AvgIpc) is 2.76. The molecule has 1 aromatic carbocycles. The Balaban J connectivity index is 3.34. The lowest BCUT2D eigenvalue weighted by Gasteiger charge is -2.38. The van der Waals surface area contributed by atoms with Gasteiger partial charge < -0.3 is 14.2 Å². The zero-order valence-electron chi connectivity index (χ0n) is 18.1. The summed E-state index contributed by atoms with van der Waals surface area (Å²) in [6.45, 7) is 5.99. The third-order valence-corrected chi connectivity index (χ3v) is 5.57. The van der Waals surface area contributed by atoms with Crippen LogP contribution in [-0.2, 0) is 34.5 Å². The predicted octanol–water partition coefficient (Wildman–Crippen LogP) is 4.45. The summed E-state index contributed by atoms with van der Waals surface area (Å²) in [7, 11) is 2.63. The Morgan fingerprint density at radius 1 is 0.966 bits per heavy atom. The fourth-order valence-electron chi connectivity index (χ4n) is 3.62. The SMILES string of the molecule is CCCCCC(CC)(CC)OC(=O)C(C(=O)OO)C(OC)(OC)c1ccccc1. The van der Waals surface area contributed by atoms with Gasteiger partial charge in [0.25, 0.3) is 0 Å². The first-order valence-electron chi connectivity index (χ1n) is 10.1. The van der Waals surface area contributed by atoms with Gasteiger partial charge in [-0.3, -0.25) is 9.68 Å². The second-order valence-electron chi connectivity index (χ2n) is 7.05. The largest absolute Gasteiger partial charge is 0.458 e. The van der Waals surface area contributed by atoms with E-state index in [-0.39, 0.29) is 0 Å². The minimum atomic E-state index is -1.81. The summed E-state index contributed by atoms with van der Waals surface area (Å²) >= 11 is 0. The maximum absolute atomic E-state index is 13.3. The molecule has 7 nitrogen and oxygen atoms in total. The maximum Gasteiger partial charge on any atom is 0.362 e. The molecule has 0 aromatic heterocycles. The summed E-state index contributed by atoms with van der Waals surface area (Å²) in [5, 5.41) is 9.07. The number of carbonyl (C=O) groups is 2. The van der Waals surface area contributed by atoms with Crippen LogP contribution in [-0.4, -0.2) is 37.0 Å². The van der Waals surface area contributed by atoms with Gasteiger partial charge in [-0.2, -0.15) is 5.26 Å². The normalized spacial score (nSPS) is 13.0. The van der Waals surface area contributed by atoms with E-state index in [9.17, 15) is 9.59 Å². The van der Waals surface area contributed by atoms with E-state index in [1.165, 1.54) is 14.2 Å². The molecule has 1 N–H and O–H groups in total. The topological polar surface area (TPSA) is 91.3 Å². The van der Waals surface area contributed by atoms with Crippen LogP contribution in [0.1, 0.15) is 64.9 Å². The number of hydrogen-bond acceptors (Lipinski definition) is 7. The smallest absolute Gasteiger partial charge is 0.362 e. The van der Waals surface area contributed by atoms with E-state index < -0.39 is 29.2 Å². The first-order valence-corrected chi connectivity index (χ1v) is 10.1. The molecule has 0 saturated carbocycles. The van der Waals surface area contributed by atoms with Crippen LogP contribution in [0.5, 0.6) is 0 Å². The van der Waals surface area contributed by atoms with Crippen molar-refractivity contribution in [2.24, 2.45) is 5.92 Å². The Kier molecular flexibility index (Phi) is 10.3. The third-order valence-electron chi connectivity index (χ3n) is 5.57. The van der Waals surface area contributed by atoms with Crippen molar-refractivity contribution in [3.63, 3.8) is 0 Å². The molecule has 1 unspecified atom stereocenters.